The molecule has 272 valence electrons. The van der Waals surface area contributed by atoms with Gasteiger partial charge in [-0.3, -0.25) is 19.2 Å². The third kappa shape index (κ3) is 11.6. The molecule has 0 saturated carbocycles. The van der Waals surface area contributed by atoms with Crippen molar-refractivity contribution in [3.05, 3.63) is 22.6 Å². The molecule has 48 heavy (non-hydrogen) atoms. The van der Waals surface area contributed by atoms with Gasteiger partial charge >= 0.3 is 6.03 Å². The van der Waals surface area contributed by atoms with E-state index in [0.29, 0.717) is 32.5 Å². The van der Waals surface area contributed by atoms with Crippen LogP contribution in [0.4, 0.5) is 4.79 Å². The maximum atomic E-state index is 14.3. The third-order valence-electron chi connectivity index (χ3n) is 9.84. The number of primary amides is 1. The zero-order chi connectivity index (χ0) is 36.4. The summed E-state index contributed by atoms with van der Waals surface area (Å²) in [6.07, 6.45) is 9.21. The Bertz CT molecular complexity index is 1220. The monoisotopic (exact) mass is 690 g/mol. The quantitative estimate of drug-likeness (QED) is 0.105. The molecule has 0 aromatic rings. The molecular weight excluding hydrogens is 629 g/mol. The first-order chi connectivity index (χ1) is 22.3. The molecule has 2 rings (SSSR count). The molecular formula is C36H62N6O5S. The Morgan fingerprint density at radius 1 is 0.979 bits per heavy atom. The number of carbonyl (C=O) groups is 5. The predicted molar refractivity (Wildman–Crippen MR) is 194 cm³/mol. The van der Waals surface area contributed by atoms with E-state index in [1.54, 1.807) is 0 Å². The van der Waals surface area contributed by atoms with Crippen LogP contribution in [0.2, 0.25) is 0 Å². The average Bonchev–Trinajstić information content (AvgIpc) is 3.45. The van der Waals surface area contributed by atoms with Crippen LogP contribution in [0.1, 0.15) is 107 Å². The summed E-state index contributed by atoms with van der Waals surface area (Å²) in [5.74, 6) is -2.83. The molecule has 12 heteroatoms. The van der Waals surface area contributed by atoms with Gasteiger partial charge in [0.2, 0.25) is 17.6 Å². The Balaban J connectivity index is 2.25. The molecule has 2 aliphatic rings. The van der Waals surface area contributed by atoms with E-state index in [0.717, 1.165) is 36.2 Å². The maximum Gasteiger partial charge on any atom is 0.315 e. The van der Waals surface area contributed by atoms with Crippen molar-refractivity contribution in [3.63, 3.8) is 0 Å². The summed E-state index contributed by atoms with van der Waals surface area (Å²) in [5.41, 5.74) is 5.52. The van der Waals surface area contributed by atoms with Gasteiger partial charge in [0.1, 0.15) is 12.1 Å². The lowest BCUT2D eigenvalue weighted by molar-refractivity contribution is -0.144. The Hall–Kier alpha value is -2.86. The first-order valence-corrected chi connectivity index (χ1v) is 18.1. The van der Waals surface area contributed by atoms with Gasteiger partial charge in [-0.1, -0.05) is 93.7 Å². The summed E-state index contributed by atoms with van der Waals surface area (Å²) < 4.78 is 0. The molecule has 11 nitrogen and oxygen atoms in total. The zero-order valence-corrected chi connectivity index (χ0v) is 31.6. The SMILES string of the molecule is CCC(CC)CC(NC(=O)C1C(CC)CCN1C(=O)C(NC(=O)NC(CNCC1=C(S)CCC=C1)C(C)(C)C)C(C)(C)C)C(=O)C(N)=O. The number of likely N-dealkylation sites (tertiary alicyclic amines) is 1. The van der Waals surface area contributed by atoms with E-state index in [1.807, 2.05) is 62.3 Å². The molecule has 6 N–H and O–H groups in total. The van der Waals surface area contributed by atoms with Crippen molar-refractivity contribution in [1.29, 1.82) is 0 Å². The van der Waals surface area contributed by atoms with E-state index in [9.17, 15) is 24.0 Å². The van der Waals surface area contributed by atoms with E-state index in [2.05, 4.69) is 46.0 Å². The van der Waals surface area contributed by atoms with Gasteiger partial charge in [0.25, 0.3) is 5.91 Å². The van der Waals surface area contributed by atoms with Crippen molar-refractivity contribution in [1.82, 2.24) is 26.2 Å². The number of nitrogens with zero attached hydrogens (tertiary/aromatic N) is 1. The van der Waals surface area contributed by atoms with Crippen LogP contribution in [0.15, 0.2) is 22.6 Å². The molecule has 0 radical (unpaired) electrons. The van der Waals surface area contributed by atoms with Gasteiger partial charge in [-0.05, 0) is 58.8 Å². The molecule has 1 heterocycles. The summed E-state index contributed by atoms with van der Waals surface area (Å²) in [7, 11) is 0. The summed E-state index contributed by atoms with van der Waals surface area (Å²) in [4.78, 5) is 69.0. The van der Waals surface area contributed by atoms with E-state index >= 15 is 0 Å². The summed E-state index contributed by atoms with van der Waals surface area (Å²) in [6.45, 7) is 19.2. The van der Waals surface area contributed by atoms with Crippen molar-refractivity contribution in [2.45, 2.75) is 131 Å². The van der Waals surface area contributed by atoms with Crippen LogP contribution in [-0.4, -0.2) is 78.2 Å². The van der Waals surface area contributed by atoms with Gasteiger partial charge in [-0.15, -0.1) is 12.6 Å². The smallest absolute Gasteiger partial charge is 0.315 e. The molecule has 0 spiro atoms. The number of carbonyl (C=O) groups excluding carboxylic acids is 5. The minimum Gasteiger partial charge on any atom is -0.363 e. The maximum absolute atomic E-state index is 14.3. The molecule has 5 atom stereocenters. The minimum atomic E-state index is -1.10. The minimum absolute atomic E-state index is 0.114. The van der Waals surface area contributed by atoms with Crippen molar-refractivity contribution in [2.75, 3.05) is 19.6 Å². The van der Waals surface area contributed by atoms with Crippen molar-refractivity contribution in [3.8, 4) is 0 Å². The molecule has 1 aliphatic carbocycles. The molecule has 1 fully saturated rings. The molecule has 1 aliphatic heterocycles. The van der Waals surface area contributed by atoms with Gasteiger partial charge < -0.3 is 31.9 Å². The Morgan fingerprint density at radius 2 is 1.62 bits per heavy atom. The Labute approximate surface area is 293 Å². The number of Topliss-reactive ketones (excluding diaryl/α,β-unsaturated/α-hetero) is 1. The van der Waals surface area contributed by atoms with Crippen molar-refractivity contribution in [2.24, 2.45) is 28.4 Å². The van der Waals surface area contributed by atoms with E-state index < -0.39 is 47.2 Å². The van der Waals surface area contributed by atoms with Crippen LogP contribution in [0, 0.1) is 22.7 Å². The number of rotatable bonds is 16. The number of nitrogens with one attached hydrogen (secondary N) is 4. The molecule has 0 bridgehead atoms. The fraction of sp³-hybridized carbons (Fsp3) is 0.750. The average molecular weight is 691 g/mol. The molecule has 1 saturated heterocycles. The highest BCUT2D eigenvalue weighted by Gasteiger charge is 2.46. The van der Waals surface area contributed by atoms with Crippen LogP contribution >= 0.6 is 12.6 Å². The van der Waals surface area contributed by atoms with Gasteiger partial charge in [0.15, 0.2) is 0 Å². The summed E-state index contributed by atoms with van der Waals surface area (Å²) in [6, 6.07) is -3.58. The van der Waals surface area contributed by atoms with Crippen LogP contribution in [0.25, 0.3) is 0 Å². The number of hydrogen-bond acceptors (Lipinski definition) is 7. The van der Waals surface area contributed by atoms with Gasteiger partial charge in [-0.25, -0.2) is 4.79 Å². The van der Waals surface area contributed by atoms with Crippen molar-refractivity contribution >= 4 is 42.2 Å². The number of hydrogen-bond donors (Lipinski definition) is 6. The number of allylic oxidation sites excluding steroid dienone is 2. The highest BCUT2D eigenvalue weighted by atomic mass is 32.1. The van der Waals surface area contributed by atoms with E-state index in [-0.39, 0.29) is 35.6 Å². The normalized spacial score (nSPS) is 20.4. The topological polar surface area (TPSA) is 163 Å². The second kappa shape index (κ2) is 18.2. The fourth-order valence-electron chi connectivity index (χ4n) is 6.44. The molecule has 0 aromatic carbocycles. The van der Waals surface area contributed by atoms with Crippen LogP contribution in [0.5, 0.6) is 0 Å². The standard InChI is InChI=1S/C36H62N6O5S/c1-10-22(11-2)19-25(29(43)31(37)44)39-32(45)28-23(12-3)17-18-42(28)33(46)30(36(7,8)9)41-34(47)40-27(35(4,5)6)21-38-20-24-15-13-14-16-26(24)48/h13,15,22-23,25,27-28,30,38,48H,10-12,14,16-21H2,1-9H3,(H2,37,44)(H,39,45)(H2,40,41,47). The molecule has 5 unspecified atom stereocenters. The number of thiol groups is 1. The highest BCUT2D eigenvalue weighted by molar-refractivity contribution is 7.84. The van der Waals surface area contributed by atoms with Crippen molar-refractivity contribution < 1.29 is 24.0 Å². The molecule has 5 amide bonds. The highest BCUT2D eigenvalue weighted by Crippen LogP contribution is 2.31. The second-order valence-electron chi connectivity index (χ2n) is 15.5. The number of amides is 5. The Morgan fingerprint density at radius 3 is 2.15 bits per heavy atom. The first-order valence-electron chi connectivity index (χ1n) is 17.6. The fourth-order valence-corrected chi connectivity index (χ4v) is 6.72. The Kier molecular flexibility index (Phi) is 15.7. The lowest BCUT2D eigenvalue weighted by atomic mass is 9.85. The lowest BCUT2D eigenvalue weighted by Gasteiger charge is -2.38. The van der Waals surface area contributed by atoms with Crippen LogP contribution < -0.4 is 27.0 Å². The largest absolute Gasteiger partial charge is 0.363 e. The van der Waals surface area contributed by atoms with E-state index in [1.165, 1.54) is 4.90 Å². The summed E-state index contributed by atoms with van der Waals surface area (Å²) in [5, 5.41) is 12.3. The number of nitrogens with two attached hydrogens (primary N) is 1. The predicted octanol–water partition coefficient (Wildman–Crippen LogP) is 4.23. The van der Waals surface area contributed by atoms with Gasteiger partial charge in [-0.2, -0.15) is 0 Å². The van der Waals surface area contributed by atoms with Gasteiger partial charge in [0.05, 0.1) is 6.04 Å². The van der Waals surface area contributed by atoms with Gasteiger partial charge in [0, 0.05) is 25.7 Å². The van der Waals surface area contributed by atoms with Crippen LogP contribution in [0.3, 0.4) is 0 Å². The van der Waals surface area contributed by atoms with E-state index in [4.69, 9.17) is 5.73 Å². The number of ketones is 1. The lowest BCUT2D eigenvalue weighted by Crippen LogP contribution is -2.62. The molecule has 0 aromatic heterocycles. The second-order valence-corrected chi connectivity index (χ2v) is 16.1. The number of urea groups is 1. The van der Waals surface area contributed by atoms with Crippen LogP contribution in [-0.2, 0) is 19.2 Å². The summed E-state index contributed by atoms with van der Waals surface area (Å²) >= 11 is 4.61. The third-order valence-corrected chi connectivity index (χ3v) is 10.4. The zero-order valence-electron chi connectivity index (χ0n) is 30.7. The first kappa shape index (κ1) is 41.3.